The van der Waals surface area contributed by atoms with Gasteiger partial charge in [0.15, 0.2) is 0 Å². The van der Waals surface area contributed by atoms with Gasteiger partial charge in [0.1, 0.15) is 6.04 Å². The summed E-state index contributed by atoms with van der Waals surface area (Å²) in [6, 6.07) is 10.1. The number of hydrogen-bond donors (Lipinski definition) is 1. The van der Waals surface area contributed by atoms with Crippen molar-refractivity contribution in [3.05, 3.63) is 63.1 Å². The van der Waals surface area contributed by atoms with Crippen LogP contribution in [0.2, 0.25) is 10.0 Å². The monoisotopic (exact) mass is 583 g/mol. The highest BCUT2D eigenvalue weighted by Gasteiger charge is 2.29. The predicted octanol–water partition coefficient (Wildman–Crippen LogP) is 5.88. The van der Waals surface area contributed by atoms with E-state index < -0.39 is 16.1 Å². The summed E-state index contributed by atoms with van der Waals surface area (Å²) in [6.45, 7) is 9.85. The number of nitrogens with one attached hydrogen (secondary N) is 1. The normalized spacial score (nSPS) is 13.1. The molecule has 0 spiro atoms. The molecule has 1 N–H and O–H groups in total. The molecule has 38 heavy (non-hydrogen) atoms. The Morgan fingerprint density at radius 3 is 2.26 bits per heavy atom. The average Bonchev–Trinajstić information content (AvgIpc) is 2.84. The lowest BCUT2D eigenvalue weighted by Crippen LogP contribution is -2.50. The van der Waals surface area contributed by atoms with E-state index in [4.69, 9.17) is 23.2 Å². The van der Waals surface area contributed by atoms with Crippen LogP contribution in [0.25, 0.3) is 0 Å². The number of aryl methyl sites for hydroxylation is 2. The van der Waals surface area contributed by atoms with Crippen molar-refractivity contribution in [2.75, 3.05) is 17.1 Å². The number of sulfonamides is 1. The number of carbonyl (C=O) groups is 2. The number of anilines is 1. The van der Waals surface area contributed by atoms with E-state index in [1.54, 1.807) is 23.1 Å². The maximum Gasteiger partial charge on any atom is 0.243 e. The number of halogens is 2. The van der Waals surface area contributed by atoms with Crippen molar-refractivity contribution in [1.82, 2.24) is 10.2 Å². The highest BCUT2D eigenvalue weighted by molar-refractivity contribution is 7.92. The lowest BCUT2D eigenvalue weighted by molar-refractivity contribution is -0.141. The topological polar surface area (TPSA) is 86.8 Å². The van der Waals surface area contributed by atoms with E-state index in [0.717, 1.165) is 23.1 Å². The molecule has 0 bridgehead atoms. The van der Waals surface area contributed by atoms with Crippen molar-refractivity contribution in [3.8, 4) is 0 Å². The van der Waals surface area contributed by atoms with Crippen LogP contribution in [0.3, 0.4) is 0 Å². The minimum absolute atomic E-state index is 0.0284. The molecule has 0 aliphatic rings. The van der Waals surface area contributed by atoms with Gasteiger partial charge in [0.05, 0.1) is 22.0 Å². The Labute approximate surface area is 237 Å². The van der Waals surface area contributed by atoms with Gasteiger partial charge in [-0.3, -0.25) is 13.9 Å². The second-order valence-corrected chi connectivity index (χ2v) is 12.5. The highest BCUT2D eigenvalue weighted by Crippen LogP contribution is 2.26. The van der Waals surface area contributed by atoms with Gasteiger partial charge in [-0.1, -0.05) is 55.2 Å². The zero-order chi connectivity index (χ0) is 28.6. The molecule has 0 aliphatic heterocycles. The minimum atomic E-state index is -3.57. The van der Waals surface area contributed by atoms with E-state index in [-0.39, 0.29) is 37.4 Å². The zero-order valence-electron chi connectivity index (χ0n) is 23.1. The summed E-state index contributed by atoms with van der Waals surface area (Å²) in [6.07, 6.45) is 2.72. The van der Waals surface area contributed by atoms with E-state index >= 15 is 0 Å². The highest BCUT2D eigenvalue weighted by atomic mass is 35.5. The Morgan fingerprint density at radius 2 is 1.68 bits per heavy atom. The van der Waals surface area contributed by atoms with Crippen molar-refractivity contribution in [3.63, 3.8) is 0 Å². The molecular formula is C28H39Cl2N3O4S. The van der Waals surface area contributed by atoms with Gasteiger partial charge in [-0.25, -0.2) is 8.42 Å². The molecule has 2 aromatic carbocycles. The van der Waals surface area contributed by atoms with E-state index in [2.05, 4.69) is 5.32 Å². The maximum absolute atomic E-state index is 13.6. The van der Waals surface area contributed by atoms with Crippen LogP contribution in [-0.2, 0) is 26.2 Å². The van der Waals surface area contributed by atoms with Gasteiger partial charge in [0.2, 0.25) is 21.8 Å². The third-order valence-electron chi connectivity index (χ3n) is 6.51. The summed E-state index contributed by atoms with van der Waals surface area (Å²) in [7, 11) is -3.57. The van der Waals surface area contributed by atoms with Crippen molar-refractivity contribution in [2.24, 2.45) is 0 Å². The first kappa shape index (κ1) is 31.9. The second kappa shape index (κ2) is 14.2. The molecule has 210 valence electrons. The Morgan fingerprint density at radius 1 is 1.00 bits per heavy atom. The number of carbonyl (C=O) groups excluding carboxylic acids is 2. The van der Waals surface area contributed by atoms with Crippen LogP contribution in [0.1, 0.15) is 63.1 Å². The van der Waals surface area contributed by atoms with Crippen molar-refractivity contribution < 1.29 is 18.0 Å². The first-order chi connectivity index (χ1) is 17.8. The van der Waals surface area contributed by atoms with Crippen LogP contribution in [0, 0.1) is 13.8 Å². The van der Waals surface area contributed by atoms with Gasteiger partial charge in [0.25, 0.3) is 0 Å². The molecule has 0 fully saturated rings. The van der Waals surface area contributed by atoms with Crippen LogP contribution >= 0.6 is 23.2 Å². The fraction of sp³-hybridized carbons (Fsp3) is 0.500. The summed E-state index contributed by atoms with van der Waals surface area (Å²) in [4.78, 5) is 28.3. The molecule has 10 heteroatoms. The zero-order valence-corrected chi connectivity index (χ0v) is 25.4. The van der Waals surface area contributed by atoms with Gasteiger partial charge in [-0.15, -0.1) is 0 Å². The van der Waals surface area contributed by atoms with Gasteiger partial charge < -0.3 is 10.2 Å². The van der Waals surface area contributed by atoms with Gasteiger partial charge in [0, 0.05) is 25.6 Å². The fourth-order valence-corrected chi connectivity index (χ4v) is 5.50. The third kappa shape index (κ3) is 8.89. The largest absolute Gasteiger partial charge is 0.352 e. The number of hydrogen-bond acceptors (Lipinski definition) is 4. The lowest BCUT2D eigenvalue weighted by atomic mass is 10.1. The molecule has 2 rings (SSSR count). The second-order valence-electron chi connectivity index (χ2n) is 9.74. The number of amides is 2. The van der Waals surface area contributed by atoms with Crippen molar-refractivity contribution >= 4 is 50.7 Å². The van der Waals surface area contributed by atoms with Crippen molar-refractivity contribution in [2.45, 2.75) is 78.9 Å². The van der Waals surface area contributed by atoms with Crippen LogP contribution in [0.15, 0.2) is 36.4 Å². The summed E-state index contributed by atoms with van der Waals surface area (Å²) < 4.78 is 26.6. The Balaban J connectivity index is 2.29. The molecule has 2 aromatic rings. The molecule has 2 atom stereocenters. The molecular weight excluding hydrogens is 545 g/mol. The Bertz CT molecular complexity index is 1240. The molecule has 0 aliphatic carbocycles. The fourth-order valence-electron chi connectivity index (χ4n) is 4.17. The minimum Gasteiger partial charge on any atom is -0.352 e. The van der Waals surface area contributed by atoms with Gasteiger partial charge in [-0.2, -0.15) is 0 Å². The van der Waals surface area contributed by atoms with Gasteiger partial charge in [-0.05, 0) is 74.9 Å². The van der Waals surface area contributed by atoms with Crippen LogP contribution in [0.5, 0.6) is 0 Å². The van der Waals surface area contributed by atoms with E-state index in [9.17, 15) is 18.0 Å². The molecule has 0 heterocycles. The summed E-state index contributed by atoms with van der Waals surface area (Å²) in [5, 5.41) is 3.75. The van der Waals surface area contributed by atoms with Crippen LogP contribution in [0.4, 0.5) is 5.69 Å². The third-order valence-corrected chi connectivity index (χ3v) is 8.43. The average molecular weight is 585 g/mol. The molecule has 0 saturated heterocycles. The summed E-state index contributed by atoms with van der Waals surface area (Å²) in [5.41, 5.74) is 3.13. The smallest absolute Gasteiger partial charge is 0.243 e. The van der Waals surface area contributed by atoms with Gasteiger partial charge >= 0.3 is 0 Å². The summed E-state index contributed by atoms with van der Waals surface area (Å²) >= 11 is 12.3. The number of benzene rings is 2. The maximum atomic E-state index is 13.6. The quantitative estimate of drug-likeness (QED) is 0.319. The van der Waals surface area contributed by atoms with E-state index in [1.165, 1.54) is 10.6 Å². The lowest BCUT2D eigenvalue weighted by Gasteiger charge is -2.32. The molecule has 0 radical (unpaired) electrons. The Kier molecular flexibility index (Phi) is 11.9. The SMILES string of the molecule is CCC(C)NC(=O)C(CC)N(Cc1ccc(Cl)c(Cl)c1)C(=O)CCCN(c1cc(C)ccc1C)S(C)(=O)=O. The predicted molar refractivity (Wildman–Crippen MR) is 156 cm³/mol. The first-order valence-electron chi connectivity index (χ1n) is 12.9. The number of nitrogens with zero attached hydrogens (tertiary/aromatic N) is 2. The van der Waals surface area contributed by atoms with Crippen molar-refractivity contribution in [1.29, 1.82) is 0 Å². The first-order valence-corrected chi connectivity index (χ1v) is 15.5. The number of rotatable bonds is 13. The van der Waals surface area contributed by atoms with Crippen LogP contribution in [-0.4, -0.2) is 50.0 Å². The molecule has 2 unspecified atom stereocenters. The van der Waals surface area contributed by atoms with E-state index in [1.807, 2.05) is 52.8 Å². The molecule has 7 nitrogen and oxygen atoms in total. The molecule has 0 saturated carbocycles. The molecule has 0 aromatic heterocycles. The summed E-state index contributed by atoms with van der Waals surface area (Å²) in [5.74, 6) is -0.458. The van der Waals surface area contributed by atoms with Crippen LogP contribution < -0.4 is 9.62 Å². The molecule has 2 amide bonds. The van der Waals surface area contributed by atoms with E-state index in [0.29, 0.717) is 28.6 Å². The standard InChI is InChI=1S/C28H39Cl2N3O4S/c1-7-21(5)31-28(35)25(8-2)32(18-22-13-14-23(29)24(30)17-22)27(34)10-9-15-33(38(6,36)37)26-16-19(3)11-12-20(26)4/h11-14,16-17,21,25H,7-10,15,18H2,1-6H3,(H,31,35). The Hall–Kier alpha value is -2.29.